The second-order valence-corrected chi connectivity index (χ2v) is 14.6. The molecule has 6 rings (SSSR count). The Hall–Kier alpha value is -4.63. The van der Waals surface area contributed by atoms with E-state index >= 15 is 0 Å². The first-order valence-corrected chi connectivity index (χ1v) is 20.1. The Labute approximate surface area is 313 Å². The fourth-order valence-electron chi connectivity index (χ4n) is 4.74. The lowest BCUT2D eigenvalue weighted by Gasteiger charge is -2.10. The molecule has 0 unspecified atom stereocenters. The molecule has 0 radical (unpaired) electrons. The number of anilines is 4. The molecule has 2 aromatic heterocycles. The second kappa shape index (κ2) is 18.0. The van der Waals surface area contributed by atoms with Gasteiger partial charge in [0.15, 0.2) is 20.6 Å². The van der Waals surface area contributed by atoms with E-state index in [1.54, 1.807) is 47.8 Å². The highest BCUT2D eigenvalue weighted by Crippen LogP contribution is 2.29. The summed E-state index contributed by atoms with van der Waals surface area (Å²) in [6.45, 7) is 2.15. The highest BCUT2D eigenvalue weighted by Gasteiger charge is 2.12. The smallest absolute Gasteiger partial charge is 0.335 e. The zero-order valence-corrected chi connectivity index (χ0v) is 31.1. The van der Waals surface area contributed by atoms with Crippen LogP contribution in [0.4, 0.5) is 23.3 Å². The lowest BCUT2D eigenvalue weighted by atomic mass is 10.1. The van der Waals surface area contributed by atoms with E-state index in [9.17, 15) is 9.90 Å². The number of aryl methyl sites for hydroxylation is 1. The Morgan fingerprint density at radius 2 is 1.02 bits per heavy atom. The summed E-state index contributed by atoms with van der Waals surface area (Å²) < 4.78 is 0. The van der Waals surface area contributed by atoms with Gasteiger partial charge in [-0.05, 0) is 71.3 Å². The van der Waals surface area contributed by atoms with Crippen molar-refractivity contribution >= 4 is 76.3 Å². The average molecular weight is 751 g/mol. The monoisotopic (exact) mass is 750 g/mol. The fraction of sp³-hybridized carbons (Fsp3) is 0.162. The van der Waals surface area contributed by atoms with Crippen molar-refractivity contribution in [2.75, 3.05) is 16.9 Å². The van der Waals surface area contributed by atoms with Crippen LogP contribution in [-0.4, -0.2) is 47.2 Å². The number of para-hydroxylation sites is 1. The van der Waals surface area contributed by atoms with Crippen LogP contribution >= 0.6 is 47.0 Å². The Balaban J connectivity index is 1.14. The molecule has 0 aliphatic heterocycles. The van der Waals surface area contributed by atoms with Crippen molar-refractivity contribution in [1.29, 1.82) is 0 Å². The van der Waals surface area contributed by atoms with Crippen LogP contribution in [0, 0.1) is 0 Å². The molecule has 10 nitrogen and oxygen atoms in total. The van der Waals surface area contributed by atoms with Crippen molar-refractivity contribution in [2.45, 2.75) is 51.2 Å². The maximum absolute atomic E-state index is 11.3. The summed E-state index contributed by atoms with van der Waals surface area (Å²) in [4.78, 5) is 39.3. The fourth-order valence-corrected chi connectivity index (χ4v) is 7.54. The first-order chi connectivity index (χ1) is 24.9. The van der Waals surface area contributed by atoms with Crippen LogP contribution in [0.15, 0.2) is 124 Å². The third-order valence-electron chi connectivity index (χ3n) is 7.28. The predicted molar refractivity (Wildman–Crippen MR) is 209 cm³/mol. The largest absolute Gasteiger partial charge is 0.478 e. The molecule has 0 fully saturated rings. The SMILES string of the molecule is CCc1cccc(CSc2nc(Nc3ccc(C(=O)O)cc3)nc(SCc3cccc(CSc4nc(Nc5ccccc5)nc(SC)n4)c3)n2)c1. The number of aromatic nitrogens is 6. The van der Waals surface area contributed by atoms with E-state index in [1.165, 1.54) is 34.7 Å². The molecule has 0 saturated carbocycles. The van der Waals surface area contributed by atoms with Gasteiger partial charge >= 0.3 is 5.97 Å². The van der Waals surface area contributed by atoms with Crippen LogP contribution < -0.4 is 10.6 Å². The van der Waals surface area contributed by atoms with Gasteiger partial charge in [0.25, 0.3) is 0 Å². The molecule has 0 aliphatic rings. The summed E-state index contributed by atoms with van der Waals surface area (Å²) in [5, 5.41) is 18.3. The molecule has 0 saturated heterocycles. The molecule has 2 heterocycles. The summed E-state index contributed by atoms with van der Waals surface area (Å²) >= 11 is 6.13. The van der Waals surface area contributed by atoms with Crippen molar-refractivity contribution in [1.82, 2.24) is 29.9 Å². The van der Waals surface area contributed by atoms with E-state index in [2.05, 4.69) is 86.0 Å². The first-order valence-electron chi connectivity index (χ1n) is 15.9. The molecule has 0 atom stereocenters. The average Bonchev–Trinajstić information content (AvgIpc) is 3.16. The van der Waals surface area contributed by atoms with E-state index < -0.39 is 5.97 Å². The molecule has 3 N–H and O–H groups in total. The molecule has 4 aromatic carbocycles. The highest BCUT2D eigenvalue weighted by molar-refractivity contribution is 7.99. The zero-order valence-electron chi connectivity index (χ0n) is 27.8. The predicted octanol–water partition coefficient (Wildman–Crippen LogP) is 9.40. The highest BCUT2D eigenvalue weighted by atomic mass is 32.2. The number of hydrogen-bond acceptors (Lipinski definition) is 13. The van der Waals surface area contributed by atoms with Gasteiger partial charge in [0, 0.05) is 28.6 Å². The molecule has 14 heteroatoms. The lowest BCUT2D eigenvalue weighted by molar-refractivity contribution is 0.0697. The number of nitrogens with one attached hydrogen (secondary N) is 2. The minimum absolute atomic E-state index is 0.210. The van der Waals surface area contributed by atoms with Gasteiger partial charge in [-0.15, -0.1) is 0 Å². The number of rotatable bonds is 16. The topological polar surface area (TPSA) is 139 Å². The third-order valence-corrected chi connectivity index (χ3v) is 10.6. The van der Waals surface area contributed by atoms with E-state index in [-0.39, 0.29) is 5.56 Å². The van der Waals surface area contributed by atoms with Crippen LogP contribution in [0.25, 0.3) is 0 Å². The summed E-state index contributed by atoms with van der Waals surface area (Å²) in [6, 6.07) is 33.3. The number of thioether (sulfide) groups is 4. The van der Waals surface area contributed by atoms with E-state index in [4.69, 9.17) is 9.97 Å². The van der Waals surface area contributed by atoms with Crippen LogP contribution in [0.5, 0.6) is 0 Å². The summed E-state index contributed by atoms with van der Waals surface area (Å²) in [5.41, 5.74) is 6.58. The third kappa shape index (κ3) is 10.9. The van der Waals surface area contributed by atoms with E-state index in [0.29, 0.717) is 49.7 Å². The van der Waals surface area contributed by atoms with Gasteiger partial charge < -0.3 is 15.7 Å². The van der Waals surface area contributed by atoms with Crippen molar-refractivity contribution < 1.29 is 9.90 Å². The Bertz CT molecular complexity index is 2090. The second-order valence-electron chi connectivity index (χ2n) is 11.0. The maximum Gasteiger partial charge on any atom is 0.335 e. The van der Waals surface area contributed by atoms with Crippen LogP contribution in [0.3, 0.4) is 0 Å². The van der Waals surface area contributed by atoms with Gasteiger partial charge in [0.1, 0.15) is 0 Å². The van der Waals surface area contributed by atoms with Gasteiger partial charge in [-0.3, -0.25) is 0 Å². The van der Waals surface area contributed by atoms with Gasteiger partial charge in [-0.1, -0.05) is 121 Å². The van der Waals surface area contributed by atoms with Gasteiger partial charge in [-0.25, -0.2) is 4.79 Å². The molecular weight excluding hydrogens is 717 g/mol. The number of hydrogen-bond donors (Lipinski definition) is 3. The molecule has 258 valence electrons. The number of carboxylic acid groups (broad SMARTS) is 1. The normalized spacial score (nSPS) is 10.9. The maximum atomic E-state index is 11.3. The zero-order chi connectivity index (χ0) is 35.4. The summed E-state index contributed by atoms with van der Waals surface area (Å²) in [5.74, 6) is 2.01. The van der Waals surface area contributed by atoms with Crippen molar-refractivity contribution in [3.8, 4) is 0 Å². The van der Waals surface area contributed by atoms with Gasteiger partial charge in [0.2, 0.25) is 11.9 Å². The Morgan fingerprint density at radius 3 is 1.51 bits per heavy atom. The molecule has 51 heavy (non-hydrogen) atoms. The van der Waals surface area contributed by atoms with E-state index in [0.717, 1.165) is 29.0 Å². The number of carboxylic acids is 1. The Kier molecular flexibility index (Phi) is 12.8. The van der Waals surface area contributed by atoms with Crippen molar-refractivity contribution in [3.05, 3.63) is 131 Å². The summed E-state index contributed by atoms with van der Waals surface area (Å²) in [7, 11) is 0. The number of nitrogens with zero attached hydrogens (tertiary/aromatic N) is 6. The Morgan fingerprint density at radius 1 is 0.569 bits per heavy atom. The lowest BCUT2D eigenvalue weighted by Crippen LogP contribution is -2.03. The van der Waals surface area contributed by atoms with Gasteiger partial charge in [-0.2, -0.15) is 29.9 Å². The standard InChI is InChI=1S/C37H34N8O2S4/c1-3-24-9-7-10-25(19-24)21-50-36-42-33(39-30-17-15-28(16-18-30)31(46)47)43-37(45-36)51-23-27-12-8-11-26(20-27)22-49-35-41-32(40-34(44-35)48-2)38-29-13-5-4-6-14-29/h4-20H,3,21-23H2,1-2H3,(H,46,47)(H,38,40,41,44)(H,39,42,43,45). The molecule has 6 aromatic rings. The van der Waals surface area contributed by atoms with Crippen LogP contribution in [-0.2, 0) is 23.7 Å². The van der Waals surface area contributed by atoms with Crippen molar-refractivity contribution in [3.63, 3.8) is 0 Å². The number of benzene rings is 4. The first kappa shape index (κ1) is 36.2. The van der Waals surface area contributed by atoms with Crippen LogP contribution in [0.2, 0.25) is 0 Å². The molecule has 0 spiro atoms. The van der Waals surface area contributed by atoms with Gasteiger partial charge in [0.05, 0.1) is 5.56 Å². The molecule has 0 aliphatic carbocycles. The number of aromatic carboxylic acids is 1. The molecule has 0 amide bonds. The molecule has 0 bridgehead atoms. The summed E-state index contributed by atoms with van der Waals surface area (Å²) in [6.07, 6.45) is 2.93. The van der Waals surface area contributed by atoms with Crippen molar-refractivity contribution in [2.24, 2.45) is 0 Å². The quantitative estimate of drug-likeness (QED) is 0.0810. The minimum atomic E-state index is -0.977. The van der Waals surface area contributed by atoms with E-state index in [1.807, 2.05) is 36.6 Å². The number of carbonyl (C=O) groups is 1. The molecular formula is C37H34N8O2S4. The van der Waals surface area contributed by atoms with Crippen LogP contribution in [0.1, 0.15) is 39.5 Å². The minimum Gasteiger partial charge on any atom is -0.478 e.